The van der Waals surface area contributed by atoms with Gasteiger partial charge >= 0.3 is 0 Å². The number of aromatic nitrogens is 1. The first-order valence-electron chi connectivity index (χ1n) is 7.08. The summed E-state index contributed by atoms with van der Waals surface area (Å²) >= 11 is 0. The Hall–Kier alpha value is -2.88. The number of ether oxygens (including phenoxy) is 1. The van der Waals surface area contributed by atoms with Gasteiger partial charge in [-0.25, -0.2) is 4.98 Å². The third-order valence-electron chi connectivity index (χ3n) is 4.10. The summed E-state index contributed by atoms with van der Waals surface area (Å²) < 4.78 is 5.23. The van der Waals surface area contributed by atoms with Gasteiger partial charge in [0.1, 0.15) is 5.75 Å². The Morgan fingerprint density at radius 1 is 1.09 bits per heavy atom. The number of fused-ring (bicyclic) bond motifs is 4. The number of nitrogens with one attached hydrogen (secondary N) is 1. The molecule has 1 aromatic heterocycles. The SMILES string of the molecule is CNc1c2c(nc3ccccc13)-c1ccc(OC)cc1C2=O. The van der Waals surface area contributed by atoms with Gasteiger partial charge in [-0.2, -0.15) is 0 Å². The molecular weight excluding hydrogens is 276 g/mol. The largest absolute Gasteiger partial charge is 0.497 e. The van der Waals surface area contributed by atoms with Crippen LogP contribution in [0.25, 0.3) is 22.2 Å². The molecule has 0 fully saturated rings. The Labute approximate surface area is 127 Å². The molecule has 3 aromatic rings. The van der Waals surface area contributed by atoms with Crippen molar-refractivity contribution in [3.8, 4) is 17.0 Å². The Morgan fingerprint density at radius 3 is 2.68 bits per heavy atom. The predicted molar refractivity (Wildman–Crippen MR) is 86.7 cm³/mol. The fourth-order valence-electron chi connectivity index (χ4n) is 3.07. The molecule has 0 saturated heterocycles. The highest BCUT2D eigenvalue weighted by Crippen LogP contribution is 2.42. The monoisotopic (exact) mass is 290 g/mol. The smallest absolute Gasteiger partial charge is 0.198 e. The average Bonchev–Trinajstić information content (AvgIpc) is 2.85. The first-order chi connectivity index (χ1) is 10.7. The maximum Gasteiger partial charge on any atom is 0.198 e. The lowest BCUT2D eigenvalue weighted by Gasteiger charge is -2.10. The molecular formula is C18H14N2O2. The van der Waals surface area contributed by atoms with Crippen molar-refractivity contribution >= 4 is 22.4 Å². The number of anilines is 1. The lowest BCUT2D eigenvalue weighted by molar-refractivity contribution is 0.104. The first kappa shape index (κ1) is 12.8. The van der Waals surface area contributed by atoms with Gasteiger partial charge in [-0.1, -0.05) is 18.2 Å². The van der Waals surface area contributed by atoms with Crippen LogP contribution < -0.4 is 10.1 Å². The highest BCUT2D eigenvalue weighted by Gasteiger charge is 2.32. The second-order valence-electron chi connectivity index (χ2n) is 5.22. The Kier molecular flexibility index (Phi) is 2.66. The second kappa shape index (κ2) is 4.56. The van der Waals surface area contributed by atoms with E-state index in [-0.39, 0.29) is 5.78 Å². The van der Waals surface area contributed by atoms with Gasteiger partial charge in [0.2, 0.25) is 0 Å². The van der Waals surface area contributed by atoms with Gasteiger partial charge in [0.25, 0.3) is 0 Å². The van der Waals surface area contributed by atoms with Crippen molar-refractivity contribution < 1.29 is 9.53 Å². The van der Waals surface area contributed by atoms with Gasteiger partial charge in [-0.15, -0.1) is 0 Å². The van der Waals surface area contributed by atoms with E-state index in [1.807, 2.05) is 43.4 Å². The highest BCUT2D eigenvalue weighted by atomic mass is 16.5. The molecule has 22 heavy (non-hydrogen) atoms. The number of rotatable bonds is 2. The van der Waals surface area contributed by atoms with Gasteiger partial charge in [0, 0.05) is 23.6 Å². The zero-order chi connectivity index (χ0) is 15.3. The molecule has 0 bridgehead atoms. The van der Waals surface area contributed by atoms with Crippen LogP contribution in [0.15, 0.2) is 42.5 Å². The molecule has 0 saturated carbocycles. The van der Waals surface area contributed by atoms with E-state index in [1.54, 1.807) is 13.2 Å². The summed E-state index contributed by atoms with van der Waals surface area (Å²) in [6, 6.07) is 13.4. The van der Waals surface area contributed by atoms with E-state index in [0.717, 1.165) is 27.8 Å². The molecule has 4 nitrogen and oxygen atoms in total. The van der Waals surface area contributed by atoms with Crippen LogP contribution in [0.4, 0.5) is 5.69 Å². The third kappa shape index (κ3) is 1.58. The average molecular weight is 290 g/mol. The maximum atomic E-state index is 12.8. The minimum atomic E-state index is -0.00787. The van der Waals surface area contributed by atoms with Gasteiger partial charge in [-0.05, 0) is 24.3 Å². The number of methoxy groups -OCH3 is 1. The normalized spacial score (nSPS) is 12.2. The van der Waals surface area contributed by atoms with Crippen LogP contribution in [0.3, 0.4) is 0 Å². The summed E-state index contributed by atoms with van der Waals surface area (Å²) in [5, 5.41) is 4.13. The molecule has 4 heteroatoms. The number of para-hydroxylation sites is 1. The van der Waals surface area contributed by atoms with Crippen molar-refractivity contribution in [2.24, 2.45) is 0 Å². The number of hydrogen-bond acceptors (Lipinski definition) is 4. The predicted octanol–water partition coefficient (Wildman–Crippen LogP) is 3.50. The summed E-state index contributed by atoms with van der Waals surface area (Å²) in [7, 11) is 3.43. The summed E-state index contributed by atoms with van der Waals surface area (Å²) in [6.45, 7) is 0. The third-order valence-corrected chi connectivity index (χ3v) is 4.10. The van der Waals surface area contributed by atoms with Crippen LogP contribution in [-0.2, 0) is 0 Å². The molecule has 4 rings (SSSR count). The van der Waals surface area contributed by atoms with Gasteiger partial charge in [0.15, 0.2) is 5.78 Å². The quantitative estimate of drug-likeness (QED) is 0.614. The zero-order valence-electron chi connectivity index (χ0n) is 12.3. The molecule has 0 atom stereocenters. The molecule has 1 N–H and O–H groups in total. The van der Waals surface area contributed by atoms with Crippen LogP contribution in [0.5, 0.6) is 5.75 Å². The molecule has 1 aliphatic carbocycles. The van der Waals surface area contributed by atoms with E-state index in [0.29, 0.717) is 16.9 Å². The molecule has 0 spiro atoms. The van der Waals surface area contributed by atoms with Crippen molar-refractivity contribution in [2.75, 3.05) is 19.5 Å². The number of ketones is 1. The topological polar surface area (TPSA) is 51.2 Å². The molecule has 0 unspecified atom stereocenters. The molecule has 0 aliphatic heterocycles. The number of carbonyl (C=O) groups is 1. The van der Waals surface area contributed by atoms with Crippen LogP contribution in [-0.4, -0.2) is 24.9 Å². The fourth-order valence-corrected chi connectivity index (χ4v) is 3.07. The zero-order valence-corrected chi connectivity index (χ0v) is 12.3. The lowest BCUT2D eigenvalue weighted by Crippen LogP contribution is -2.03. The number of pyridine rings is 1. The van der Waals surface area contributed by atoms with E-state index in [1.165, 1.54) is 0 Å². The Bertz CT molecular complexity index is 932. The Balaban J connectivity index is 2.10. The molecule has 2 aromatic carbocycles. The number of carbonyl (C=O) groups excluding carboxylic acids is 1. The van der Waals surface area contributed by atoms with Crippen LogP contribution in [0, 0.1) is 0 Å². The number of nitrogens with zero attached hydrogens (tertiary/aromatic N) is 1. The maximum absolute atomic E-state index is 12.8. The van der Waals surface area contributed by atoms with Crippen LogP contribution in [0.2, 0.25) is 0 Å². The lowest BCUT2D eigenvalue weighted by atomic mass is 10.1. The molecule has 0 amide bonds. The highest BCUT2D eigenvalue weighted by molar-refractivity contribution is 6.26. The van der Waals surface area contributed by atoms with E-state index in [2.05, 4.69) is 5.32 Å². The van der Waals surface area contributed by atoms with E-state index in [9.17, 15) is 4.79 Å². The van der Waals surface area contributed by atoms with Crippen molar-refractivity contribution in [3.05, 3.63) is 53.6 Å². The summed E-state index contributed by atoms with van der Waals surface area (Å²) in [4.78, 5) is 17.6. The minimum Gasteiger partial charge on any atom is -0.497 e. The molecule has 1 aliphatic rings. The van der Waals surface area contributed by atoms with Gasteiger partial charge < -0.3 is 10.1 Å². The van der Waals surface area contributed by atoms with E-state index in [4.69, 9.17) is 9.72 Å². The first-order valence-corrected chi connectivity index (χ1v) is 7.08. The van der Waals surface area contributed by atoms with Crippen molar-refractivity contribution in [2.45, 2.75) is 0 Å². The summed E-state index contributed by atoms with van der Waals surface area (Å²) in [5.41, 5.74) is 4.61. The summed E-state index contributed by atoms with van der Waals surface area (Å²) in [5.74, 6) is 0.668. The van der Waals surface area contributed by atoms with Gasteiger partial charge in [-0.3, -0.25) is 4.79 Å². The Morgan fingerprint density at radius 2 is 1.91 bits per heavy atom. The summed E-state index contributed by atoms with van der Waals surface area (Å²) in [6.07, 6.45) is 0. The fraction of sp³-hybridized carbons (Fsp3) is 0.111. The van der Waals surface area contributed by atoms with Crippen LogP contribution >= 0.6 is 0 Å². The van der Waals surface area contributed by atoms with E-state index >= 15 is 0 Å². The van der Waals surface area contributed by atoms with E-state index < -0.39 is 0 Å². The van der Waals surface area contributed by atoms with Crippen molar-refractivity contribution in [1.29, 1.82) is 0 Å². The van der Waals surface area contributed by atoms with Crippen molar-refractivity contribution in [1.82, 2.24) is 4.98 Å². The molecule has 1 heterocycles. The van der Waals surface area contributed by atoms with Gasteiger partial charge in [0.05, 0.1) is 29.6 Å². The number of benzene rings is 2. The number of hydrogen-bond donors (Lipinski definition) is 1. The minimum absolute atomic E-state index is 0.00787. The van der Waals surface area contributed by atoms with Crippen molar-refractivity contribution in [3.63, 3.8) is 0 Å². The standard InChI is InChI=1S/C18H14N2O2/c1-19-16-12-5-3-4-6-14(12)20-17-11-8-7-10(22-2)9-13(11)18(21)15(16)17/h3-9H,1-2H3,(H,19,20). The van der Waals surface area contributed by atoms with Crippen LogP contribution in [0.1, 0.15) is 15.9 Å². The molecule has 0 radical (unpaired) electrons. The molecule has 108 valence electrons. The second-order valence-corrected chi connectivity index (χ2v) is 5.22.